The maximum Gasteiger partial charge on any atom is 0.417 e. The molecule has 2 aliphatic rings. The fourth-order valence-electron chi connectivity index (χ4n) is 4.76. The van der Waals surface area contributed by atoms with Crippen molar-refractivity contribution < 1.29 is 28.1 Å². The van der Waals surface area contributed by atoms with Gasteiger partial charge in [-0.05, 0) is 42.8 Å². The number of nitrogens with zero attached hydrogens (tertiary/aromatic N) is 2. The molecule has 2 unspecified atom stereocenters. The van der Waals surface area contributed by atoms with Gasteiger partial charge in [0, 0.05) is 6.42 Å². The Balaban J connectivity index is 1.70. The molecule has 0 aliphatic carbocycles. The van der Waals surface area contributed by atoms with Crippen molar-refractivity contribution in [3.05, 3.63) is 88.5 Å². The number of nitriles is 1. The summed E-state index contributed by atoms with van der Waals surface area (Å²) in [5, 5.41) is 31.2. The lowest BCUT2D eigenvalue weighted by atomic mass is 9.81. The lowest BCUT2D eigenvalue weighted by Crippen LogP contribution is -2.25. The van der Waals surface area contributed by atoms with E-state index in [-0.39, 0.29) is 5.69 Å². The molecule has 2 aromatic carbocycles. The van der Waals surface area contributed by atoms with Crippen LogP contribution >= 0.6 is 0 Å². The average molecular weight is 438 g/mol. The van der Waals surface area contributed by atoms with Gasteiger partial charge in [-0.15, -0.1) is 0 Å². The van der Waals surface area contributed by atoms with E-state index < -0.39 is 40.3 Å². The third-order valence-corrected chi connectivity index (χ3v) is 6.10. The Hall–Kier alpha value is -3.70. The quantitative estimate of drug-likeness (QED) is 0.562. The van der Waals surface area contributed by atoms with Crippen LogP contribution in [0.2, 0.25) is 0 Å². The number of fused-ring (bicyclic) bond motifs is 5. The van der Waals surface area contributed by atoms with Crippen LogP contribution in [0, 0.1) is 11.3 Å². The third kappa shape index (κ3) is 2.68. The van der Waals surface area contributed by atoms with Gasteiger partial charge in [-0.1, -0.05) is 30.3 Å². The van der Waals surface area contributed by atoms with E-state index in [9.17, 15) is 23.4 Å². The molecule has 2 aliphatic heterocycles. The Bertz CT molecular complexity index is 1320. The highest BCUT2D eigenvalue weighted by atomic mass is 19.4. The minimum atomic E-state index is -4.77. The van der Waals surface area contributed by atoms with Gasteiger partial charge >= 0.3 is 6.18 Å². The molecule has 32 heavy (non-hydrogen) atoms. The van der Waals surface area contributed by atoms with Crippen molar-refractivity contribution in [1.29, 1.82) is 5.26 Å². The fourth-order valence-corrected chi connectivity index (χ4v) is 4.76. The number of rotatable bonds is 3. The Morgan fingerprint density at radius 3 is 2.38 bits per heavy atom. The van der Waals surface area contributed by atoms with Crippen molar-refractivity contribution in [2.24, 2.45) is 0 Å². The number of benzene rings is 2. The van der Waals surface area contributed by atoms with E-state index in [1.807, 2.05) is 36.4 Å². The van der Waals surface area contributed by atoms with Gasteiger partial charge in [-0.3, -0.25) is 4.57 Å². The molecular formula is C24H17F3N2O3. The van der Waals surface area contributed by atoms with Gasteiger partial charge in [-0.2, -0.15) is 18.4 Å². The monoisotopic (exact) mass is 438 g/mol. The summed E-state index contributed by atoms with van der Waals surface area (Å²) in [6.07, 6.45) is -0.815. The zero-order chi connectivity index (χ0) is 22.9. The number of ether oxygens (including phenoxy) is 1. The van der Waals surface area contributed by atoms with Crippen LogP contribution in [0.25, 0.3) is 5.69 Å². The lowest BCUT2D eigenvalue weighted by molar-refractivity contribution is -0.137. The number of aromatic nitrogens is 1. The number of alkyl halides is 3. The van der Waals surface area contributed by atoms with Gasteiger partial charge in [-0.25, -0.2) is 0 Å². The second-order valence-corrected chi connectivity index (χ2v) is 8.17. The molecule has 8 heteroatoms. The highest BCUT2D eigenvalue weighted by Crippen LogP contribution is 2.62. The van der Waals surface area contributed by atoms with Crippen LogP contribution in [-0.2, 0) is 28.5 Å². The minimum absolute atomic E-state index is 0.112. The van der Waals surface area contributed by atoms with E-state index >= 15 is 0 Å². The first-order valence-electron chi connectivity index (χ1n) is 9.83. The summed E-state index contributed by atoms with van der Waals surface area (Å²) in [6, 6.07) is 14.0. The number of hydrogen-bond donors (Lipinski definition) is 2. The summed E-state index contributed by atoms with van der Waals surface area (Å²) in [4.78, 5) is 0. The van der Waals surface area contributed by atoms with Crippen molar-refractivity contribution in [2.45, 2.75) is 30.7 Å². The first-order valence-corrected chi connectivity index (χ1v) is 9.83. The lowest BCUT2D eigenvalue weighted by Gasteiger charge is -2.26. The van der Waals surface area contributed by atoms with Crippen LogP contribution in [-0.4, -0.2) is 14.8 Å². The van der Waals surface area contributed by atoms with Crippen LogP contribution in [0.3, 0.4) is 0 Å². The molecule has 5 rings (SSSR count). The smallest absolute Gasteiger partial charge is 0.417 e. The molecule has 5 nitrogen and oxygen atoms in total. The summed E-state index contributed by atoms with van der Waals surface area (Å²) in [7, 11) is 0. The van der Waals surface area contributed by atoms with Gasteiger partial charge < -0.3 is 14.9 Å². The largest absolute Gasteiger partial charge is 0.494 e. The zero-order valence-corrected chi connectivity index (χ0v) is 16.8. The topological polar surface area (TPSA) is 78.4 Å². The van der Waals surface area contributed by atoms with Crippen LogP contribution in [0.15, 0.2) is 60.7 Å². The van der Waals surface area contributed by atoms with E-state index in [0.29, 0.717) is 17.5 Å². The van der Waals surface area contributed by atoms with E-state index in [4.69, 9.17) is 10.00 Å². The van der Waals surface area contributed by atoms with Crippen molar-refractivity contribution in [2.75, 3.05) is 0 Å². The Morgan fingerprint density at radius 1 is 1.03 bits per heavy atom. The van der Waals surface area contributed by atoms with E-state index in [1.54, 1.807) is 13.0 Å². The number of hydrogen-bond acceptors (Lipinski definition) is 4. The Labute approximate surface area is 181 Å². The van der Waals surface area contributed by atoms with Crippen molar-refractivity contribution in [3.8, 4) is 23.5 Å². The number of aromatic hydroxyl groups is 2. The fraction of sp³-hybridized carbons (Fsp3) is 0.208. The van der Waals surface area contributed by atoms with Crippen molar-refractivity contribution in [1.82, 2.24) is 4.57 Å². The average Bonchev–Trinajstić information content (AvgIpc) is 3.32. The first kappa shape index (κ1) is 20.2. The molecule has 0 saturated heterocycles. The number of halogens is 3. The van der Waals surface area contributed by atoms with Gasteiger partial charge in [0.15, 0.2) is 0 Å². The Kier molecular flexibility index (Phi) is 4.05. The summed E-state index contributed by atoms with van der Waals surface area (Å²) in [6.45, 7) is 1.73. The predicted octanol–water partition coefficient (Wildman–Crippen LogP) is 5.03. The summed E-state index contributed by atoms with van der Waals surface area (Å²) < 4.78 is 47.7. The molecule has 1 aromatic heterocycles. The first-order chi connectivity index (χ1) is 15.1. The molecule has 3 aromatic rings. The molecule has 0 saturated carbocycles. The highest BCUT2D eigenvalue weighted by Gasteiger charge is 2.58. The van der Waals surface area contributed by atoms with Crippen LogP contribution < -0.4 is 0 Å². The highest BCUT2D eigenvalue weighted by molar-refractivity contribution is 5.65. The molecule has 0 amide bonds. The van der Waals surface area contributed by atoms with E-state index in [1.165, 1.54) is 12.1 Å². The van der Waals surface area contributed by atoms with Gasteiger partial charge in [0.05, 0.1) is 34.0 Å². The van der Waals surface area contributed by atoms with E-state index in [2.05, 4.69) is 0 Å². The minimum Gasteiger partial charge on any atom is -0.494 e. The molecule has 3 heterocycles. The molecule has 0 radical (unpaired) electrons. The second kappa shape index (κ2) is 6.40. The maximum atomic E-state index is 13.5. The van der Waals surface area contributed by atoms with Gasteiger partial charge in [0.2, 0.25) is 11.8 Å². The molecular weight excluding hydrogens is 421 g/mol. The standard InChI is InChI=1S/C24H17F3N2O3/c1-22-9-10-23(32-22,12-14-5-3-2-4-6-14)19-18(22)20(30)29(21(19)31)16-8-7-15(13-28)17(11-16)24(25,26)27/h2-11,30-31H,12H2,1H3. The molecule has 0 spiro atoms. The van der Waals surface area contributed by atoms with Crippen LogP contribution in [0.4, 0.5) is 13.2 Å². The summed E-state index contributed by atoms with van der Waals surface area (Å²) in [5.74, 6) is -0.809. The SMILES string of the molecule is CC12C=CC(Cc3ccccc3)(O1)c1c2c(O)n(-c2ccc(C#N)c(C(F)(F)F)c2)c1O. The molecule has 2 atom stereocenters. The van der Waals surface area contributed by atoms with Crippen molar-refractivity contribution in [3.63, 3.8) is 0 Å². The van der Waals surface area contributed by atoms with E-state index in [0.717, 1.165) is 22.3 Å². The molecule has 2 N–H and O–H groups in total. The van der Waals surface area contributed by atoms with Gasteiger partial charge in [0.25, 0.3) is 0 Å². The van der Waals surface area contributed by atoms with Crippen LogP contribution in [0.5, 0.6) is 11.8 Å². The third-order valence-electron chi connectivity index (χ3n) is 6.10. The van der Waals surface area contributed by atoms with Crippen LogP contribution in [0.1, 0.15) is 34.7 Å². The van der Waals surface area contributed by atoms with Gasteiger partial charge in [0.1, 0.15) is 11.2 Å². The maximum absolute atomic E-state index is 13.5. The summed E-state index contributed by atoms with van der Waals surface area (Å²) in [5.41, 5.74) is -2.36. The second-order valence-electron chi connectivity index (χ2n) is 8.17. The normalized spacial score (nSPS) is 23.3. The summed E-state index contributed by atoms with van der Waals surface area (Å²) >= 11 is 0. The Morgan fingerprint density at radius 2 is 1.72 bits per heavy atom. The molecule has 2 bridgehead atoms. The molecule has 0 fully saturated rings. The zero-order valence-electron chi connectivity index (χ0n) is 16.8. The van der Waals surface area contributed by atoms with Crippen molar-refractivity contribution >= 4 is 0 Å². The molecule has 162 valence electrons. The predicted molar refractivity (Wildman–Crippen MR) is 108 cm³/mol.